The Morgan fingerprint density at radius 3 is 2.44 bits per heavy atom. The van der Waals surface area contributed by atoms with Gasteiger partial charge >= 0.3 is 0 Å². The van der Waals surface area contributed by atoms with Gasteiger partial charge in [0.2, 0.25) is 0 Å². The molecule has 0 saturated carbocycles. The summed E-state index contributed by atoms with van der Waals surface area (Å²) < 4.78 is 3.26. The lowest BCUT2D eigenvalue weighted by atomic mass is 10.1. The number of hydrogen-bond donors (Lipinski definition) is 0. The summed E-state index contributed by atoms with van der Waals surface area (Å²) in [6, 6.07) is 22.4. The fourth-order valence-corrected chi connectivity index (χ4v) is 5.82. The van der Waals surface area contributed by atoms with Crippen LogP contribution >= 0.6 is 27.7 Å². The van der Waals surface area contributed by atoms with E-state index in [0.717, 1.165) is 60.8 Å². The van der Waals surface area contributed by atoms with E-state index in [1.807, 2.05) is 56.3 Å². The van der Waals surface area contributed by atoms with Crippen molar-refractivity contribution < 1.29 is 9.59 Å². The van der Waals surface area contributed by atoms with Gasteiger partial charge in [0.05, 0.1) is 17.1 Å². The number of carbonyl (C=O) groups is 2. The number of nitrogens with zero attached hydrogens (tertiary/aromatic N) is 2. The molecule has 0 bridgehead atoms. The molecule has 1 aromatic heterocycles. The van der Waals surface area contributed by atoms with Crippen LogP contribution < -0.4 is 0 Å². The molecule has 1 fully saturated rings. The maximum atomic E-state index is 13.1. The van der Waals surface area contributed by atoms with Crippen LogP contribution in [0.3, 0.4) is 0 Å². The van der Waals surface area contributed by atoms with Gasteiger partial charge in [-0.15, -0.1) is 0 Å². The molecule has 5 rings (SSSR count). The van der Waals surface area contributed by atoms with E-state index >= 15 is 0 Å². The quantitative estimate of drug-likeness (QED) is 0.255. The minimum absolute atomic E-state index is 0.231. The second-order valence-corrected chi connectivity index (χ2v) is 10.4. The first-order chi connectivity index (χ1) is 16.3. The topological polar surface area (TPSA) is 42.3 Å². The summed E-state index contributed by atoms with van der Waals surface area (Å²) in [6.45, 7) is 6.40. The van der Waals surface area contributed by atoms with E-state index in [2.05, 4.69) is 57.8 Å². The van der Waals surface area contributed by atoms with Crippen LogP contribution in [0, 0.1) is 20.8 Å². The van der Waals surface area contributed by atoms with Gasteiger partial charge in [0, 0.05) is 21.2 Å². The Balaban J connectivity index is 1.50. The number of aromatic nitrogens is 1. The summed E-state index contributed by atoms with van der Waals surface area (Å²) in [6.07, 6.45) is 1.85. The lowest BCUT2D eigenvalue weighted by Gasteiger charge is -2.14. The van der Waals surface area contributed by atoms with Crippen molar-refractivity contribution in [3.05, 3.63) is 104 Å². The number of rotatable bonds is 4. The summed E-state index contributed by atoms with van der Waals surface area (Å²) in [4.78, 5) is 27.5. The molecule has 2 heterocycles. The largest absolute Gasteiger partial charge is 0.317 e. The fraction of sp³-hybridized carbons (Fsp3) is 0.143. The van der Waals surface area contributed by atoms with E-state index in [1.165, 1.54) is 4.90 Å². The van der Waals surface area contributed by atoms with Crippen LogP contribution in [0.5, 0.6) is 0 Å². The maximum Gasteiger partial charge on any atom is 0.293 e. The van der Waals surface area contributed by atoms with E-state index in [9.17, 15) is 9.59 Å². The van der Waals surface area contributed by atoms with Crippen LogP contribution in [-0.4, -0.2) is 20.6 Å². The molecule has 0 aliphatic carbocycles. The molecule has 3 aromatic carbocycles. The standard InChI is InChI=1S/C28H23BrN2O2S/c1-17-7-6-8-20(13-17)16-30-27(32)26(34-28(30)33)15-21-14-18(2)31(19(21)3)25-12-11-24(29)22-9-4-5-10-23(22)25/h4-15H,16H2,1-3H3/b26-15-. The number of thioether (sulfide) groups is 1. The van der Waals surface area contributed by atoms with Crippen LogP contribution in [0.2, 0.25) is 0 Å². The average Bonchev–Trinajstić information content (AvgIpc) is 3.24. The van der Waals surface area contributed by atoms with Crippen LogP contribution in [0.1, 0.15) is 28.1 Å². The van der Waals surface area contributed by atoms with Crippen molar-refractivity contribution in [2.45, 2.75) is 27.3 Å². The monoisotopic (exact) mass is 530 g/mol. The van der Waals surface area contributed by atoms with Crippen LogP contribution in [-0.2, 0) is 11.3 Å². The van der Waals surface area contributed by atoms with Crippen molar-refractivity contribution in [3.8, 4) is 5.69 Å². The highest BCUT2D eigenvalue weighted by Crippen LogP contribution is 2.36. The second-order valence-electron chi connectivity index (χ2n) is 8.53. The number of amides is 2. The predicted molar refractivity (Wildman–Crippen MR) is 143 cm³/mol. The van der Waals surface area contributed by atoms with Gasteiger partial charge in [-0.05, 0) is 73.3 Å². The highest BCUT2D eigenvalue weighted by Gasteiger charge is 2.35. The number of benzene rings is 3. The Morgan fingerprint density at radius 2 is 1.68 bits per heavy atom. The first-order valence-electron chi connectivity index (χ1n) is 11.0. The number of halogens is 1. The lowest BCUT2D eigenvalue weighted by molar-refractivity contribution is -0.123. The molecule has 6 heteroatoms. The maximum absolute atomic E-state index is 13.1. The molecule has 1 aliphatic rings. The zero-order valence-electron chi connectivity index (χ0n) is 19.1. The van der Waals surface area contributed by atoms with Crippen LogP contribution in [0.4, 0.5) is 4.79 Å². The summed E-state index contributed by atoms with van der Waals surface area (Å²) in [5, 5.41) is 2.06. The molecule has 34 heavy (non-hydrogen) atoms. The normalized spacial score (nSPS) is 15.2. The Hall–Kier alpha value is -3.09. The molecule has 0 unspecified atom stereocenters. The van der Waals surface area contributed by atoms with Gasteiger partial charge in [-0.2, -0.15) is 0 Å². The van der Waals surface area contributed by atoms with Gasteiger partial charge in [0.25, 0.3) is 11.1 Å². The Morgan fingerprint density at radius 1 is 0.912 bits per heavy atom. The van der Waals surface area contributed by atoms with E-state index < -0.39 is 0 Å². The molecule has 0 atom stereocenters. The van der Waals surface area contributed by atoms with Crippen molar-refractivity contribution in [1.29, 1.82) is 0 Å². The van der Waals surface area contributed by atoms with E-state index in [4.69, 9.17) is 0 Å². The Kier molecular flexibility index (Phi) is 5.96. The molecular formula is C28H23BrN2O2S. The first kappa shape index (κ1) is 22.7. The molecule has 1 aliphatic heterocycles. The summed E-state index contributed by atoms with van der Waals surface area (Å²) in [7, 11) is 0. The number of imide groups is 1. The highest BCUT2D eigenvalue weighted by atomic mass is 79.9. The number of hydrogen-bond acceptors (Lipinski definition) is 3. The SMILES string of the molecule is Cc1cccc(CN2C(=O)S/C(=C\c3cc(C)n(-c4ccc(Br)c5ccccc45)c3C)C2=O)c1. The van der Waals surface area contributed by atoms with E-state index in [0.29, 0.717) is 4.91 Å². The van der Waals surface area contributed by atoms with Gasteiger partial charge in [-0.25, -0.2) is 0 Å². The Bertz CT molecular complexity index is 1500. The third kappa shape index (κ3) is 4.01. The summed E-state index contributed by atoms with van der Waals surface area (Å²) in [5.41, 5.74) is 6.16. The molecule has 4 nitrogen and oxygen atoms in total. The van der Waals surface area contributed by atoms with Gasteiger partial charge < -0.3 is 4.57 Å². The molecular weight excluding hydrogens is 508 g/mol. The zero-order chi connectivity index (χ0) is 24.0. The summed E-state index contributed by atoms with van der Waals surface area (Å²) >= 11 is 4.66. The number of aryl methyl sites for hydroxylation is 2. The molecule has 1 saturated heterocycles. The predicted octanol–water partition coefficient (Wildman–Crippen LogP) is 7.55. The number of fused-ring (bicyclic) bond motifs is 1. The molecule has 4 aromatic rings. The fourth-order valence-electron chi connectivity index (χ4n) is 4.52. The average molecular weight is 531 g/mol. The van der Waals surface area contributed by atoms with Gasteiger partial charge in [0.1, 0.15) is 0 Å². The highest BCUT2D eigenvalue weighted by molar-refractivity contribution is 9.10. The van der Waals surface area contributed by atoms with Crippen molar-refractivity contribution in [2.75, 3.05) is 0 Å². The van der Waals surface area contributed by atoms with Crippen molar-refractivity contribution in [2.24, 2.45) is 0 Å². The van der Waals surface area contributed by atoms with Gasteiger partial charge in [-0.1, -0.05) is 70.0 Å². The van der Waals surface area contributed by atoms with Gasteiger partial charge in [-0.3, -0.25) is 14.5 Å². The summed E-state index contributed by atoms with van der Waals surface area (Å²) in [5.74, 6) is -0.240. The van der Waals surface area contributed by atoms with Crippen LogP contribution in [0.15, 0.2) is 76.1 Å². The third-order valence-corrected chi connectivity index (χ3v) is 7.74. The minimum Gasteiger partial charge on any atom is -0.317 e. The minimum atomic E-state index is -0.240. The van der Waals surface area contributed by atoms with Gasteiger partial charge in [0.15, 0.2) is 0 Å². The van der Waals surface area contributed by atoms with Crippen molar-refractivity contribution >= 4 is 55.7 Å². The third-order valence-electron chi connectivity index (χ3n) is 6.14. The van der Waals surface area contributed by atoms with Crippen molar-refractivity contribution in [3.63, 3.8) is 0 Å². The molecule has 0 N–H and O–H groups in total. The van der Waals surface area contributed by atoms with E-state index in [1.54, 1.807) is 0 Å². The zero-order valence-corrected chi connectivity index (χ0v) is 21.5. The first-order valence-corrected chi connectivity index (χ1v) is 12.6. The molecule has 2 amide bonds. The van der Waals surface area contributed by atoms with E-state index in [-0.39, 0.29) is 17.7 Å². The van der Waals surface area contributed by atoms with Crippen LogP contribution in [0.25, 0.3) is 22.5 Å². The molecule has 0 spiro atoms. The molecule has 170 valence electrons. The van der Waals surface area contributed by atoms with Crippen molar-refractivity contribution in [1.82, 2.24) is 9.47 Å². The molecule has 0 radical (unpaired) electrons. The number of carbonyl (C=O) groups excluding carboxylic acids is 2. The lowest BCUT2D eigenvalue weighted by Crippen LogP contribution is -2.27. The smallest absolute Gasteiger partial charge is 0.293 e. The second kappa shape index (κ2) is 8.93. The Labute approximate surface area is 211 Å².